The fourth-order valence-electron chi connectivity index (χ4n) is 2.12. The van der Waals surface area contributed by atoms with Gasteiger partial charge in [-0.05, 0) is 42.0 Å². The Morgan fingerprint density at radius 2 is 1.43 bits per heavy atom. The number of benzene rings is 3. The molecule has 0 bridgehead atoms. The predicted molar refractivity (Wildman–Crippen MR) is 84.5 cm³/mol. The van der Waals surface area contributed by atoms with Gasteiger partial charge in [-0.2, -0.15) is 0 Å². The van der Waals surface area contributed by atoms with Crippen LogP contribution in [0.1, 0.15) is 0 Å². The SMILES string of the molecule is Nc1ccc(-c2ccc(Oc3ccccc3)cc2)c(O)c1. The summed E-state index contributed by atoms with van der Waals surface area (Å²) in [6, 6.07) is 22.3. The van der Waals surface area contributed by atoms with Crippen molar-refractivity contribution in [2.45, 2.75) is 0 Å². The van der Waals surface area contributed by atoms with Gasteiger partial charge in [0.1, 0.15) is 17.2 Å². The second-order valence-electron chi connectivity index (χ2n) is 4.72. The lowest BCUT2D eigenvalue weighted by molar-refractivity contribution is 0.477. The molecule has 0 aliphatic rings. The molecular formula is C18H15NO2. The molecule has 0 unspecified atom stereocenters. The third-order valence-corrected chi connectivity index (χ3v) is 3.17. The van der Waals surface area contributed by atoms with Gasteiger partial charge >= 0.3 is 0 Å². The fraction of sp³-hybridized carbons (Fsp3) is 0. The monoisotopic (exact) mass is 277 g/mol. The lowest BCUT2D eigenvalue weighted by atomic mass is 10.0. The normalized spacial score (nSPS) is 10.3. The van der Waals surface area contributed by atoms with E-state index in [0.29, 0.717) is 5.69 Å². The maximum Gasteiger partial charge on any atom is 0.127 e. The van der Waals surface area contributed by atoms with E-state index in [2.05, 4.69) is 0 Å². The number of hydrogen-bond acceptors (Lipinski definition) is 3. The minimum Gasteiger partial charge on any atom is -0.507 e. The largest absolute Gasteiger partial charge is 0.507 e. The highest BCUT2D eigenvalue weighted by molar-refractivity contribution is 5.72. The maximum atomic E-state index is 9.94. The molecule has 0 aliphatic carbocycles. The van der Waals surface area contributed by atoms with Gasteiger partial charge in [-0.15, -0.1) is 0 Å². The van der Waals surface area contributed by atoms with Crippen molar-refractivity contribution in [1.29, 1.82) is 0 Å². The summed E-state index contributed by atoms with van der Waals surface area (Å²) in [6.07, 6.45) is 0. The van der Waals surface area contributed by atoms with Gasteiger partial charge in [-0.1, -0.05) is 30.3 Å². The van der Waals surface area contributed by atoms with Gasteiger partial charge in [0.25, 0.3) is 0 Å². The van der Waals surface area contributed by atoms with Gasteiger partial charge in [0.05, 0.1) is 0 Å². The van der Waals surface area contributed by atoms with Crippen molar-refractivity contribution in [3.05, 3.63) is 72.8 Å². The van der Waals surface area contributed by atoms with E-state index in [0.717, 1.165) is 22.6 Å². The molecule has 0 saturated heterocycles. The molecule has 0 radical (unpaired) electrons. The molecule has 3 N–H and O–H groups in total. The van der Waals surface area contributed by atoms with Crippen LogP contribution in [0.5, 0.6) is 17.2 Å². The third kappa shape index (κ3) is 2.98. The number of ether oxygens (including phenoxy) is 1. The summed E-state index contributed by atoms with van der Waals surface area (Å²) in [4.78, 5) is 0. The van der Waals surface area contributed by atoms with Gasteiger partial charge < -0.3 is 15.6 Å². The van der Waals surface area contributed by atoms with Crippen LogP contribution < -0.4 is 10.5 Å². The molecule has 3 aromatic rings. The Bertz CT molecular complexity index is 737. The zero-order chi connectivity index (χ0) is 14.7. The van der Waals surface area contributed by atoms with E-state index in [-0.39, 0.29) is 5.75 Å². The van der Waals surface area contributed by atoms with Crippen LogP contribution in [0.15, 0.2) is 72.8 Å². The molecule has 0 heterocycles. The number of anilines is 1. The first-order valence-electron chi connectivity index (χ1n) is 6.64. The number of nitrogen functional groups attached to an aromatic ring is 1. The second kappa shape index (κ2) is 5.59. The van der Waals surface area contributed by atoms with Crippen LogP contribution in [0.2, 0.25) is 0 Å². The van der Waals surface area contributed by atoms with Gasteiger partial charge in [0.2, 0.25) is 0 Å². The molecule has 104 valence electrons. The number of para-hydroxylation sites is 1. The molecule has 3 heteroatoms. The molecule has 0 aromatic heterocycles. The minimum absolute atomic E-state index is 0.173. The van der Waals surface area contributed by atoms with Crippen molar-refractivity contribution in [3.8, 4) is 28.4 Å². The second-order valence-corrected chi connectivity index (χ2v) is 4.72. The van der Waals surface area contributed by atoms with Crippen LogP contribution in [0.4, 0.5) is 5.69 Å². The Balaban J connectivity index is 1.84. The van der Waals surface area contributed by atoms with Crippen LogP contribution in [0, 0.1) is 0 Å². The number of hydrogen-bond donors (Lipinski definition) is 2. The zero-order valence-electron chi connectivity index (χ0n) is 11.4. The predicted octanol–water partition coefficient (Wildman–Crippen LogP) is 4.43. The van der Waals surface area contributed by atoms with Crippen LogP contribution >= 0.6 is 0 Å². The van der Waals surface area contributed by atoms with E-state index < -0.39 is 0 Å². The minimum atomic E-state index is 0.173. The smallest absolute Gasteiger partial charge is 0.127 e. The highest BCUT2D eigenvalue weighted by Crippen LogP contribution is 2.32. The topological polar surface area (TPSA) is 55.5 Å². The van der Waals surface area contributed by atoms with Crippen LogP contribution in [-0.4, -0.2) is 5.11 Å². The van der Waals surface area contributed by atoms with E-state index in [1.165, 1.54) is 0 Å². The maximum absolute atomic E-state index is 9.94. The quantitative estimate of drug-likeness (QED) is 0.696. The molecule has 0 saturated carbocycles. The average molecular weight is 277 g/mol. The summed E-state index contributed by atoms with van der Waals surface area (Å²) in [7, 11) is 0. The Labute approximate surface area is 123 Å². The van der Waals surface area contributed by atoms with Crippen molar-refractivity contribution in [3.63, 3.8) is 0 Å². The van der Waals surface area contributed by atoms with E-state index >= 15 is 0 Å². The van der Waals surface area contributed by atoms with Gasteiger partial charge in [0.15, 0.2) is 0 Å². The Kier molecular flexibility index (Phi) is 3.48. The van der Waals surface area contributed by atoms with E-state index in [1.54, 1.807) is 18.2 Å². The molecule has 0 spiro atoms. The summed E-state index contributed by atoms with van der Waals surface area (Å²) in [5, 5.41) is 9.94. The lowest BCUT2D eigenvalue weighted by Crippen LogP contribution is -1.86. The van der Waals surface area contributed by atoms with Gasteiger partial charge in [0, 0.05) is 17.3 Å². The molecule has 0 atom stereocenters. The highest BCUT2D eigenvalue weighted by atomic mass is 16.5. The van der Waals surface area contributed by atoms with Crippen molar-refractivity contribution in [2.24, 2.45) is 0 Å². The lowest BCUT2D eigenvalue weighted by Gasteiger charge is -2.08. The van der Waals surface area contributed by atoms with Crippen LogP contribution in [0.25, 0.3) is 11.1 Å². The Morgan fingerprint density at radius 3 is 2.10 bits per heavy atom. The van der Waals surface area contributed by atoms with Crippen molar-refractivity contribution in [2.75, 3.05) is 5.73 Å². The first-order valence-corrected chi connectivity index (χ1v) is 6.64. The first-order chi connectivity index (χ1) is 10.2. The average Bonchev–Trinajstić information content (AvgIpc) is 2.49. The van der Waals surface area contributed by atoms with Crippen LogP contribution in [0.3, 0.4) is 0 Å². The zero-order valence-corrected chi connectivity index (χ0v) is 11.4. The van der Waals surface area contributed by atoms with Gasteiger partial charge in [-0.3, -0.25) is 0 Å². The standard InChI is InChI=1S/C18H15NO2/c19-14-8-11-17(18(20)12-14)13-6-9-16(10-7-13)21-15-4-2-1-3-5-15/h1-12,20H,19H2. The summed E-state index contributed by atoms with van der Waals surface area (Å²) in [6.45, 7) is 0. The summed E-state index contributed by atoms with van der Waals surface area (Å²) < 4.78 is 5.74. The van der Waals surface area contributed by atoms with E-state index in [9.17, 15) is 5.11 Å². The summed E-state index contributed by atoms with van der Waals surface area (Å²) >= 11 is 0. The third-order valence-electron chi connectivity index (χ3n) is 3.17. The summed E-state index contributed by atoms with van der Waals surface area (Å²) in [5.74, 6) is 1.71. The van der Waals surface area contributed by atoms with E-state index in [4.69, 9.17) is 10.5 Å². The van der Waals surface area contributed by atoms with Crippen LogP contribution in [-0.2, 0) is 0 Å². The first kappa shape index (κ1) is 13.1. The molecular weight excluding hydrogens is 262 g/mol. The summed E-state index contributed by atoms with van der Waals surface area (Å²) in [5.41, 5.74) is 7.83. The van der Waals surface area contributed by atoms with Crippen molar-refractivity contribution < 1.29 is 9.84 Å². The highest BCUT2D eigenvalue weighted by Gasteiger charge is 2.05. The molecule has 0 fully saturated rings. The van der Waals surface area contributed by atoms with E-state index in [1.807, 2.05) is 54.6 Å². The number of phenols is 1. The number of aromatic hydroxyl groups is 1. The van der Waals surface area contributed by atoms with Gasteiger partial charge in [-0.25, -0.2) is 0 Å². The van der Waals surface area contributed by atoms with Crippen molar-refractivity contribution in [1.82, 2.24) is 0 Å². The van der Waals surface area contributed by atoms with Crippen molar-refractivity contribution >= 4 is 5.69 Å². The molecule has 0 aliphatic heterocycles. The number of rotatable bonds is 3. The number of nitrogens with two attached hydrogens (primary N) is 1. The molecule has 3 aromatic carbocycles. The molecule has 3 nitrogen and oxygen atoms in total. The molecule has 0 amide bonds. The fourth-order valence-corrected chi connectivity index (χ4v) is 2.12. The molecule has 21 heavy (non-hydrogen) atoms. The Hall–Kier alpha value is -2.94. The number of phenolic OH excluding ortho intramolecular Hbond substituents is 1. The molecule has 3 rings (SSSR count). The Morgan fingerprint density at radius 1 is 0.762 bits per heavy atom.